The number of hydrogen-bond acceptors (Lipinski definition) is 5. The van der Waals surface area contributed by atoms with Gasteiger partial charge in [-0.25, -0.2) is 0 Å². The molecule has 30 heavy (non-hydrogen) atoms. The van der Waals surface area contributed by atoms with Crippen molar-refractivity contribution in [3.8, 4) is 0 Å². The maximum Gasteiger partial charge on any atom is 0.253 e. The second-order valence-electron chi connectivity index (χ2n) is 8.31. The van der Waals surface area contributed by atoms with Crippen molar-refractivity contribution in [2.75, 3.05) is 26.2 Å². The molecule has 0 unspecified atom stereocenters. The molecule has 2 aliphatic heterocycles. The van der Waals surface area contributed by atoms with Gasteiger partial charge >= 0.3 is 0 Å². The number of hydrogen-bond donors (Lipinski definition) is 0. The molecule has 0 spiro atoms. The monoisotopic (exact) mass is 422 g/mol. The minimum atomic E-state index is -0.354. The number of carbonyl (C=O) groups excluding carboxylic acids is 1. The van der Waals surface area contributed by atoms with Gasteiger partial charge in [-0.3, -0.25) is 9.69 Å². The molecule has 6 nitrogen and oxygen atoms in total. The van der Waals surface area contributed by atoms with Crippen LogP contribution in [0.4, 0.5) is 0 Å². The van der Waals surface area contributed by atoms with Crippen molar-refractivity contribution in [3.05, 3.63) is 82.5 Å². The van der Waals surface area contributed by atoms with Crippen LogP contribution in [0, 0.1) is 12.8 Å². The summed E-state index contributed by atoms with van der Waals surface area (Å²) in [6.45, 7) is 5.45. The standard InChI is InChI=1S/C23H23ClN4O2/c1-16-25-22(30-26-16)23-14-27(11-18-9-5-6-10-20(18)24)12-19(23)13-28(15-23)21(29)17-7-3-2-4-8-17/h2-10,19H,11-15H2,1H3/t19-,23-/m0/s1. The fourth-order valence-electron chi connectivity index (χ4n) is 4.88. The molecule has 154 valence electrons. The second kappa shape index (κ2) is 7.52. The molecule has 1 aromatic heterocycles. The first-order chi connectivity index (χ1) is 14.5. The van der Waals surface area contributed by atoms with E-state index in [1.165, 1.54) is 0 Å². The fraction of sp³-hybridized carbons (Fsp3) is 0.348. The van der Waals surface area contributed by atoms with Crippen LogP contribution in [-0.2, 0) is 12.0 Å². The Morgan fingerprint density at radius 1 is 1.13 bits per heavy atom. The zero-order chi connectivity index (χ0) is 20.7. The maximum atomic E-state index is 13.1. The summed E-state index contributed by atoms with van der Waals surface area (Å²) < 4.78 is 5.66. The van der Waals surface area contributed by atoms with Crippen molar-refractivity contribution in [2.24, 2.45) is 5.92 Å². The van der Waals surface area contributed by atoms with Gasteiger partial charge in [-0.2, -0.15) is 4.98 Å². The zero-order valence-corrected chi connectivity index (χ0v) is 17.5. The molecule has 3 heterocycles. The highest BCUT2D eigenvalue weighted by atomic mass is 35.5. The number of benzene rings is 2. The number of aryl methyl sites for hydroxylation is 1. The van der Waals surface area contributed by atoms with Crippen LogP contribution in [0.15, 0.2) is 59.1 Å². The van der Waals surface area contributed by atoms with E-state index in [2.05, 4.69) is 21.1 Å². The molecule has 3 aromatic rings. The molecule has 2 aromatic carbocycles. The third-order valence-corrected chi connectivity index (χ3v) is 6.66. The number of fused-ring (bicyclic) bond motifs is 1. The summed E-state index contributed by atoms with van der Waals surface area (Å²) in [4.78, 5) is 22.0. The van der Waals surface area contributed by atoms with E-state index < -0.39 is 0 Å². The smallest absolute Gasteiger partial charge is 0.253 e. The Hall–Kier alpha value is -2.70. The lowest BCUT2D eigenvalue weighted by atomic mass is 9.81. The van der Waals surface area contributed by atoms with Crippen LogP contribution < -0.4 is 0 Å². The van der Waals surface area contributed by atoms with E-state index in [0.29, 0.717) is 30.4 Å². The third kappa shape index (κ3) is 3.30. The predicted molar refractivity (Wildman–Crippen MR) is 113 cm³/mol. The molecule has 2 atom stereocenters. The van der Waals surface area contributed by atoms with E-state index in [4.69, 9.17) is 16.1 Å². The summed E-state index contributed by atoms with van der Waals surface area (Å²) in [7, 11) is 0. The third-order valence-electron chi connectivity index (χ3n) is 6.29. The number of halogens is 1. The van der Waals surface area contributed by atoms with E-state index in [9.17, 15) is 4.79 Å². The Morgan fingerprint density at radius 2 is 1.90 bits per heavy atom. The molecule has 7 heteroatoms. The molecule has 0 bridgehead atoms. The number of aromatic nitrogens is 2. The summed E-state index contributed by atoms with van der Waals surface area (Å²) in [5, 5.41) is 4.81. The van der Waals surface area contributed by atoms with Crippen molar-refractivity contribution in [2.45, 2.75) is 18.9 Å². The molecule has 1 amide bonds. The minimum Gasteiger partial charge on any atom is -0.339 e. The summed E-state index contributed by atoms with van der Waals surface area (Å²) in [5.74, 6) is 1.54. The van der Waals surface area contributed by atoms with E-state index >= 15 is 0 Å². The quantitative estimate of drug-likeness (QED) is 0.643. The van der Waals surface area contributed by atoms with Gasteiger partial charge in [-0.15, -0.1) is 0 Å². The van der Waals surface area contributed by atoms with Gasteiger partial charge in [0.15, 0.2) is 5.82 Å². The normalized spacial score (nSPS) is 23.7. The average molecular weight is 423 g/mol. The summed E-state index contributed by atoms with van der Waals surface area (Å²) in [5.41, 5.74) is 1.46. The second-order valence-corrected chi connectivity index (χ2v) is 8.72. The lowest BCUT2D eigenvalue weighted by Gasteiger charge is -2.26. The Kier molecular flexibility index (Phi) is 4.83. The predicted octanol–water partition coefficient (Wildman–Crippen LogP) is 3.56. The molecule has 2 aliphatic rings. The Labute approximate surface area is 180 Å². The van der Waals surface area contributed by atoms with Crippen molar-refractivity contribution in [1.29, 1.82) is 0 Å². The van der Waals surface area contributed by atoms with Crippen LogP contribution in [0.25, 0.3) is 0 Å². The first-order valence-corrected chi connectivity index (χ1v) is 10.5. The summed E-state index contributed by atoms with van der Waals surface area (Å²) in [6, 6.07) is 17.4. The van der Waals surface area contributed by atoms with Crippen LogP contribution in [0.1, 0.15) is 27.6 Å². The topological polar surface area (TPSA) is 62.5 Å². The number of carbonyl (C=O) groups is 1. The van der Waals surface area contributed by atoms with E-state index in [0.717, 1.165) is 30.2 Å². The molecular weight excluding hydrogens is 400 g/mol. The molecule has 2 fully saturated rings. The van der Waals surface area contributed by atoms with Crippen LogP contribution in [0.2, 0.25) is 5.02 Å². The number of rotatable bonds is 4. The van der Waals surface area contributed by atoms with Crippen LogP contribution in [-0.4, -0.2) is 52.0 Å². The van der Waals surface area contributed by atoms with Crippen LogP contribution in [0.5, 0.6) is 0 Å². The SMILES string of the molecule is Cc1noc([C@]23CN(Cc4ccccc4Cl)C[C@H]2CN(C(=O)c2ccccc2)C3)n1. The first kappa shape index (κ1) is 19.3. The van der Waals surface area contributed by atoms with Crippen molar-refractivity contribution in [1.82, 2.24) is 19.9 Å². The van der Waals surface area contributed by atoms with Crippen molar-refractivity contribution < 1.29 is 9.32 Å². The van der Waals surface area contributed by atoms with Crippen LogP contribution in [0.3, 0.4) is 0 Å². The largest absolute Gasteiger partial charge is 0.339 e. The molecule has 0 radical (unpaired) electrons. The maximum absolute atomic E-state index is 13.1. The van der Waals surface area contributed by atoms with Gasteiger partial charge in [0.2, 0.25) is 5.89 Å². The van der Waals surface area contributed by atoms with Crippen LogP contribution >= 0.6 is 11.6 Å². The highest BCUT2D eigenvalue weighted by Crippen LogP contribution is 2.45. The highest BCUT2D eigenvalue weighted by molar-refractivity contribution is 6.31. The van der Waals surface area contributed by atoms with Gasteiger partial charge in [0.25, 0.3) is 5.91 Å². The molecule has 0 N–H and O–H groups in total. The molecule has 0 aliphatic carbocycles. The Morgan fingerprint density at radius 3 is 2.63 bits per heavy atom. The minimum absolute atomic E-state index is 0.0540. The lowest BCUT2D eigenvalue weighted by Crippen LogP contribution is -2.40. The van der Waals surface area contributed by atoms with Gasteiger partial charge in [-0.05, 0) is 30.7 Å². The fourth-order valence-corrected chi connectivity index (χ4v) is 5.07. The number of amides is 1. The van der Waals surface area contributed by atoms with E-state index in [1.54, 1.807) is 0 Å². The number of nitrogens with zero attached hydrogens (tertiary/aromatic N) is 4. The highest BCUT2D eigenvalue weighted by Gasteiger charge is 2.57. The zero-order valence-electron chi connectivity index (χ0n) is 16.8. The molecule has 0 saturated carbocycles. The Balaban J connectivity index is 1.42. The van der Waals surface area contributed by atoms with Gasteiger partial charge in [0.1, 0.15) is 0 Å². The average Bonchev–Trinajstić information content (AvgIpc) is 3.42. The van der Waals surface area contributed by atoms with Crippen molar-refractivity contribution in [3.63, 3.8) is 0 Å². The van der Waals surface area contributed by atoms with Gasteiger partial charge in [-0.1, -0.05) is 53.2 Å². The van der Waals surface area contributed by atoms with E-state index in [-0.39, 0.29) is 17.2 Å². The van der Waals surface area contributed by atoms with Gasteiger partial charge in [0, 0.05) is 49.2 Å². The molecule has 2 saturated heterocycles. The van der Waals surface area contributed by atoms with Gasteiger partial charge in [0.05, 0.1) is 5.41 Å². The first-order valence-electron chi connectivity index (χ1n) is 10.2. The molecule has 5 rings (SSSR count). The lowest BCUT2D eigenvalue weighted by molar-refractivity contribution is 0.0766. The van der Waals surface area contributed by atoms with Crippen molar-refractivity contribution >= 4 is 17.5 Å². The van der Waals surface area contributed by atoms with E-state index in [1.807, 2.05) is 60.4 Å². The van der Waals surface area contributed by atoms with Gasteiger partial charge < -0.3 is 9.42 Å². The number of likely N-dealkylation sites (tertiary alicyclic amines) is 2. The Bertz CT molecular complexity index is 1070. The summed E-state index contributed by atoms with van der Waals surface area (Å²) in [6.07, 6.45) is 0. The molecular formula is C23H23ClN4O2. The summed E-state index contributed by atoms with van der Waals surface area (Å²) >= 11 is 6.39.